The van der Waals surface area contributed by atoms with Gasteiger partial charge in [-0.3, -0.25) is 14.5 Å². The normalized spacial score (nSPS) is 19.4. The fraction of sp³-hybridized carbons (Fsp3) is 0.357. The number of alkyl halides is 1. The van der Waals surface area contributed by atoms with Gasteiger partial charge in [0, 0.05) is 7.05 Å². The number of hydrogen-bond donors (Lipinski definition) is 0. The topological polar surface area (TPSA) is 55.2 Å². The molecule has 1 fully saturated rings. The van der Waals surface area contributed by atoms with E-state index < -0.39 is 6.04 Å². The van der Waals surface area contributed by atoms with E-state index >= 15 is 0 Å². The van der Waals surface area contributed by atoms with Crippen LogP contribution in [0.4, 0.5) is 0 Å². The zero-order valence-corrected chi connectivity index (χ0v) is 12.0. The van der Waals surface area contributed by atoms with E-state index in [0.717, 1.165) is 16.6 Å². The highest BCUT2D eigenvalue weighted by Gasteiger charge is 2.38. The minimum absolute atomic E-state index is 0.165. The quantitative estimate of drug-likeness (QED) is 0.628. The molecule has 0 aliphatic carbocycles. The first kappa shape index (κ1) is 13.1. The summed E-state index contributed by atoms with van der Waals surface area (Å²) >= 11 is 5.95. The van der Waals surface area contributed by atoms with Gasteiger partial charge < -0.3 is 4.57 Å². The number of rotatable bonds is 2. The molecule has 6 heteroatoms. The largest absolute Gasteiger partial charge is 0.314 e. The number of likely N-dealkylation sites (N-methyl/N-ethyl adjacent to an activating group) is 1. The fourth-order valence-corrected chi connectivity index (χ4v) is 2.83. The van der Waals surface area contributed by atoms with Crippen molar-refractivity contribution in [3.63, 3.8) is 0 Å². The Balaban J connectivity index is 2.20. The number of imidazole rings is 1. The van der Waals surface area contributed by atoms with Crippen LogP contribution in [0, 0.1) is 6.92 Å². The lowest BCUT2D eigenvalue weighted by Crippen LogP contribution is -2.27. The van der Waals surface area contributed by atoms with Gasteiger partial charge in [0.25, 0.3) is 5.91 Å². The molecule has 1 aliphatic heterocycles. The second kappa shape index (κ2) is 4.59. The first-order chi connectivity index (χ1) is 9.52. The number of likely N-dealkylation sites (tertiary alicyclic amines) is 1. The highest BCUT2D eigenvalue weighted by atomic mass is 35.5. The Labute approximate surface area is 121 Å². The Hall–Kier alpha value is -1.88. The summed E-state index contributed by atoms with van der Waals surface area (Å²) in [6.07, 6.45) is 0.165. The summed E-state index contributed by atoms with van der Waals surface area (Å²) < 4.78 is 1.80. The predicted octanol–water partition coefficient (Wildman–Crippen LogP) is 2.01. The smallest absolute Gasteiger partial charge is 0.252 e. The van der Waals surface area contributed by atoms with Crippen molar-refractivity contribution in [3.05, 3.63) is 29.6 Å². The molecular formula is C14H14ClN3O2. The average molecular weight is 292 g/mol. The van der Waals surface area contributed by atoms with E-state index in [0.29, 0.717) is 5.82 Å². The van der Waals surface area contributed by atoms with Crippen LogP contribution in [0.3, 0.4) is 0 Å². The van der Waals surface area contributed by atoms with Gasteiger partial charge in [-0.15, -0.1) is 11.6 Å². The zero-order valence-electron chi connectivity index (χ0n) is 11.3. The number of fused-ring (bicyclic) bond motifs is 1. The van der Waals surface area contributed by atoms with Crippen molar-refractivity contribution in [2.24, 2.45) is 0 Å². The first-order valence-corrected chi connectivity index (χ1v) is 6.90. The average Bonchev–Trinajstić information content (AvgIpc) is 2.90. The minimum atomic E-state index is -0.533. The summed E-state index contributed by atoms with van der Waals surface area (Å²) in [5, 5.41) is 0. The van der Waals surface area contributed by atoms with Crippen LogP contribution >= 0.6 is 11.6 Å². The molecule has 1 aromatic heterocycles. The molecule has 2 heterocycles. The second-order valence-electron chi connectivity index (χ2n) is 5.03. The van der Waals surface area contributed by atoms with Gasteiger partial charge in [-0.1, -0.05) is 6.07 Å². The monoisotopic (exact) mass is 291 g/mol. The van der Waals surface area contributed by atoms with E-state index in [2.05, 4.69) is 4.98 Å². The van der Waals surface area contributed by atoms with E-state index in [9.17, 15) is 9.59 Å². The van der Waals surface area contributed by atoms with Crippen LogP contribution in [-0.2, 0) is 15.5 Å². The molecule has 3 rings (SSSR count). The standard InChI is InChI=1S/C14H14ClN3O2/c1-8-3-4-10-9(5-8)16-12(7-15)18(10)11-6-13(19)17(2)14(11)20/h3-5,11H,6-7H2,1-2H3. The van der Waals surface area contributed by atoms with Crippen molar-refractivity contribution < 1.29 is 9.59 Å². The van der Waals surface area contributed by atoms with Crippen LogP contribution < -0.4 is 0 Å². The zero-order chi connectivity index (χ0) is 14.4. The lowest BCUT2D eigenvalue weighted by atomic mass is 10.2. The van der Waals surface area contributed by atoms with Gasteiger partial charge >= 0.3 is 0 Å². The SMILES string of the molecule is Cc1ccc2c(c1)nc(CCl)n2C1CC(=O)N(C)C1=O. The third-order valence-electron chi connectivity index (χ3n) is 3.71. The van der Waals surface area contributed by atoms with Crippen molar-refractivity contribution in [3.8, 4) is 0 Å². The molecule has 0 radical (unpaired) electrons. The Morgan fingerprint density at radius 1 is 1.40 bits per heavy atom. The van der Waals surface area contributed by atoms with Gasteiger partial charge in [0.05, 0.1) is 23.3 Å². The number of halogens is 1. The third-order valence-corrected chi connectivity index (χ3v) is 3.95. The summed E-state index contributed by atoms with van der Waals surface area (Å²) in [5.74, 6) is 0.444. The van der Waals surface area contributed by atoms with Gasteiger partial charge in [-0.25, -0.2) is 4.98 Å². The molecule has 0 saturated carbocycles. The highest BCUT2D eigenvalue weighted by molar-refractivity contribution is 6.17. The molecule has 1 atom stereocenters. The molecule has 5 nitrogen and oxygen atoms in total. The summed E-state index contributed by atoms with van der Waals surface area (Å²) in [7, 11) is 1.51. The Morgan fingerprint density at radius 3 is 2.75 bits per heavy atom. The van der Waals surface area contributed by atoms with E-state index in [1.165, 1.54) is 11.9 Å². The van der Waals surface area contributed by atoms with Gasteiger partial charge in [0.15, 0.2) is 0 Å². The molecule has 2 amide bonds. The van der Waals surface area contributed by atoms with Crippen LogP contribution in [0.2, 0.25) is 0 Å². The molecule has 0 N–H and O–H groups in total. The van der Waals surface area contributed by atoms with E-state index in [1.54, 1.807) is 4.57 Å². The molecular weight excluding hydrogens is 278 g/mol. The number of aromatic nitrogens is 2. The van der Waals surface area contributed by atoms with Crippen LogP contribution in [-0.4, -0.2) is 33.3 Å². The second-order valence-corrected chi connectivity index (χ2v) is 5.30. The lowest BCUT2D eigenvalue weighted by molar-refractivity contribution is -0.137. The van der Waals surface area contributed by atoms with Gasteiger partial charge in [-0.05, 0) is 24.6 Å². The molecule has 0 bridgehead atoms. The molecule has 20 heavy (non-hydrogen) atoms. The summed E-state index contributed by atoms with van der Waals surface area (Å²) in [6, 6.07) is 5.30. The number of carbonyl (C=O) groups excluding carboxylic acids is 2. The number of aryl methyl sites for hydroxylation is 1. The van der Waals surface area contributed by atoms with Crippen molar-refractivity contribution in [2.45, 2.75) is 25.3 Å². The van der Waals surface area contributed by atoms with Crippen LogP contribution in [0.25, 0.3) is 11.0 Å². The van der Waals surface area contributed by atoms with Gasteiger partial charge in [-0.2, -0.15) is 0 Å². The molecule has 1 aromatic carbocycles. The number of amides is 2. The minimum Gasteiger partial charge on any atom is -0.314 e. The maximum atomic E-state index is 12.2. The van der Waals surface area contributed by atoms with Crippen molar-refractivity contribution in [2.75, 3.05) is 7.05 Å². The van der Waals surface area contributed by atoms with E-state index in [-0.39, 0.29) is 24.1 Å². The number of nitrogens with zero attached hydrogens (tertiary/aromatic N) is 3. The Bertz CT molecular complexity index is 723. The molecule has 2 aromatic rings. The Morgan fingerprint density at radius 2 is 2.15 bits per heavy atom. The van der Waals surface area contributed by atoms with Crippen LogP contribution in [0.15, 0.2) is 18.2 Å². The maximum absolute atomic E-state index is 12.2. The number of carbonyl (C=O) groups is 2. The Kier molecular flexibility index (Phi) is 3.01. The van der Waals surface area contributed by atoms with Gasteiger partial charge in [0.1, 0.15) is 11.9 Å². The van der Waals surface area contributed by atoms with Gasteiger partial charge in [0.2, 0.25) is 5.91 Å². The summed E-state index contributed by atoms with van der Waals surface area (Å²) in [5.41, 5.74) is 2.73. The number of imide groups is 1. The van der Waals surface area contributed by atoms with Crippen molar-refractivity contribution in [1.82, 2.24) is 14.5 Å². The van der Waals surface area contributed by atoms with Crippen LogP contribution in [0.1, 0.15) is 23.9 Å². The van der Waals surface area contributed by atoms with E-state index in [1.807, 2.05) is 25.1 Å². The number of benzene rings is 1. The number of hydrogen-bond acceptors (Lipinski definition) is 3. The maximum Gasteiger partial charge on any atom is 0.252 e. The van der Waals surface area contributed by atoms with Crippen molar-refractivity contribution in [1.29, 1.82) is 0 Å². The fourth-order valence-electron chi connectivity index (χ4n) is 2.64. The molecule has 1 unspecified atom stereocenters. The third kappa shape index (κ3) is 1.81. The molecule has 104 valence electrons. The van der Waals surface area contributed by atoms with E-state index in [4.69, 9.17) is 11.6 Å². The lowest BCUT2D eigenvalue weighted by Gasteiger charge is -2.14. The summed E-state index contributed by atoms with van der Waals surface area (Å²) in [6.45, 7) is 1.98. The highest BCUT2D eigenvalue weighted by Crippen LogP contribution is 2.30. The first-order valence-electron chi connectivity index (χ1n) is 6.36. The molecule has 1 aliphatic rings. The van der Waals surface area contributed by atoms with Crippen molar-refractivity contribution >= 4 is 34.4 Å². The molecule has 0 spiro atoms. The predicted molar refractivity (Wildman–Crippen MR) is 75.5 cm³/mol. The van der Waals surface area contributed by atoms with Crippen LogP contribution in [0.5, 0.6) is 0 Å². The summed E-state index contributed by atoms with van der Waals surface area (Å²) in [4.78, 5) is 29.6. The molecule has 1 saturated heterocycles.